The standard InChI is InChI=1S/C27H34FN3O3/c1-16-15-19(8-9-20(16)28)30-25(33)22-17(2)23(31-14-6-5-7-21(22)31)24(32)26(34)29-18-10-12-27(3,4)13-11-18/h8-9,15,18H,5-7,10-14H2,1-4H3,(H,29,34)(H,30,33). The third-order valence-electron chi connectivity index (χ3n) is 7.40. The van der Waals surface area contributed by atoms with Crippen LogP contribution in [0.5, 0.6) is 0 Å². The number of fused-ring (bicyclic) bond motifs is 1. The van der Waals surface area contributed by atoms with Gasteiger partial charge in [0.2, 0.25) is 0 Å². The molecule has 2 N–H and O–H groups in total. The third-order valence-corrected chi connectivity index (χ3v) is 7.40. The van der Waals surface area contributed by atoms with E-state index in [9.17, 15) is 18.8 Å². The van der Waals surface area contributed by atoms with Crippen molar-refractivity contribution in [3.8, 4) is 0 Å². The van der Waals surface area contributed by atoms with Crippen LogP contribution in [-0.4, -0.2) is 28.2 Å². The molecule has 1 aliphatic heterocycles. The first-order valence-electron chi connectivity index (χ1n) is 12.2. The fraction of sp³-hybridized carbons (Fsp3) is 0.519. The largest absolute Gasteiger partial charge is 0.346 e. The van der Waals surface area contributed by atoms with Crippen molar-refractivity contribution in [1.82, 2.24) is 9.88 Å². The highest BCUT2D eigenvalue weighted by Gasteiger charge is 2.34. The van der Waals surface area contributed by atoms with Gasteiger partial charge in [-0.05, 0) is 93.5 Å². The number of ketones is 1. The van der Waals surface area contributed by atoms with Gasteiger partial charge in [-0.25, -0.2) is 4.39 Å². The zero-order chi connectivity index (χ0) is 24.6. The lowest BCUT2D eigenvalue weighted by Gasteiger charge is -2.34. The molecule has 6 nitrogen and oxygen atoms in total. The molecule has 0 spiro atoms. The van der Waals surface area contributed by atoms with E-state index < -0.39 is 11.7 Å². The molecule has 0 saturated heterocycles. The van der Waals surface area contributed by atoms with E-state index in [-0.39, 0.29) is 23.2 Å². The number of nitrogens with zero attached hydrogens (tertiary/aromatic N) is 1. The predicted octanol–water partition coefficient (Wildman–Crippen LogP) is 5.10. The van der Waals surface area contributed by atoms with Crippen LogP contribution in [0.2, 0.25) is 0 Å². The number of nitrogens with one attached hydrogen (secondary N) is 2. The number of benzene rings is 1. The maximum Gasteiger partial charge on any atom is 0.294 e. The van der Waals surface area contributed by atoms with Crippen LogP contribution in [-0.2, 0) is 17.8 Å². The minimum Gasteiger partial charge on any atom is -0.346 e. The average Bonchev–Trinajstić information content (AvgIpc) is 3.09. The molecule has 182 valence electrons. The van der Waals surface area contributed by atoms with Crippen molar-refractivity contribution in [2.75, 3.05) is 5.32 Å². The average molecular weight is 468 g/mol. The zero-order valence-corrected chi connectivity index (χ0v) is 20.5. The van der Waals surface area contributed by atoms with Crippen molar-refractivity contribution in [1.29, 1.82) is 0 Å². The van der Waals surface area contributed by atoms with Crippen molar-refractivity contribution in [3.63, 3.8) is 0 Å². The number of aromatic nitrogens is 1. The van der Waals surface area contributed by atoms with Gasteiger partial charge in [0.25, 0.3) is 17.6 Å². The SMILES string of the molecule is Cc1cc(NC(=O)c2c(C)c(C(=O)C(=O)NC3CCC(C)(C)CC3)n3c2CCCC3)ccc1F. The summed E-state index contributed by atoms with van der Waals surface area (Å²) in [5, 5.41) is 5.78. The Kier molecular flexibility index (Phi) is 6.65. The molecule has 7 heteroatoms. The monoisotopic (exact) mass is 467 g/mol. The minimum absolute atomic E-state index is 0.00468. The maximum absolute atomic E-state index is 13.6. The lowest BCUT2D eigenvalue weighted by atomic mass is 9.75. The second-order valence-corrected chi connectivity index (χ2v) is 10.6. The van der Waals surface area contributed by atoms with E-state index in [0.29, 0.717) is 41.0 Å². The molecule has 1 aromatic heterocycles. The van der Waals surface area contributed by atoms with Crippen molar-refractivity contribution in [2.24, 2.45) is 5.41 Å². The van der Waals surface area contributed by atoms with Gasteiger partial charge in [0, 0.05) is 24.0 Å². The van der Waals surface area contributed by atoms with Crippen LogP contribution in [0.15, 0.2) is 18.2 Å². The van der Waals surface area contributed by atoms with Crippen LogP contribution < -0.4 is 10.6 Å². The van der Waals surface area contributed by atoms with Crippen molar-refractivity contribution < 1.29 is 18.8 Å². The summed E-state index contributed by atoms with van der Waals surface area (Å²) in [6.45, 7) is 8.43. The van der Waals surface area contributed by atoms with E-state index in [1.807, 2.05) is 4.57 Å². The quantitative estimate of drug-likeness (QED) is 0.474. The zero-order valence-electron chi connectivity index (χ0n) is 20.5. The number of carbonyl (C=O) groups excluding carboxylic acids is 3. The Hall–Kier alpha value is -2.96. The molecular formula is C27H34FN3O3. The number of hydrogen-bond donors (Lipinski definition) is 2. The predicted molar refractivity (Wildman–Crippen MR) is 130 cm³/mol. The second kappa shape index (κ2) is 9.35. The molecule has 0 radical (unpaired) electrons. The van der Waals surface area contributed by atoms with Gasteiger partial charge in [0.05, 0.1) is 11.3 Å². The van der Waals surface area contributed by atoms with Gasteiger partial charge in [-0.1, -0.05) is 13.8 Å². The molecule has 0 bridgehead atoms. The van der Waals surface area contributed by atoms with Crippen LogP contribution in [0.4, 0.5) is 10.1 Å². The summed E-state index contributed by atoms with van der Waals surface area (Å²) >= 11 is 0. The lowest BCUT2D eigenvalue weighted by molar-refractivity contribution is -0.118. The molecule has 2 heterocycles. The van der Waals surface area contributed by atoms with Crippen LogP contribution in [0, 0.1) is 25.1 Å². The van der Waals surface area contributed by atoms with Gasteiger partial charge >= 0.3 is 0 Å². The van der Waals surface area contributed by atoms with E-state index in [4.69, 9.17) is 0 Å². The van der Waals surface area contributed by atoms with E-state index in [2.05, 4.69) is 24.5 Å². The first-order valence-corrected chi connectivity index (χ1v) is 12.2. The molecule has 1 aliphatic carbocycles. The highest BCUT2D eigenvalue weighted by atomic mass is 19.1. The Morgan fingerprint density at radius 3 is 2.47 bits per heavy atom. The molecular weight excluding hydrogens is 433 g/mol. The number of aryl methyl sites for hydroxylation is 1. The van der Waals surface area contributed by atoms with E-state index in [1.165, 1.54) is 12.1 Å². The second-order valence-electron chi connectivity index (χ2n) is 10.6. The number of halogens is 1. The summed E-state index contributed by atoms with van der Waals surface area (Å²) in [6.07, 6.45) is 6.22. The molecule has 0 unspecified atom stereocenters. The summed E-state index contributed by atoms with van der Waals surface area (Å²) in [5.41, 5.74) is 3.26. The highest BCUT2D eigenvalue weighted by Crippen LogP contribution is 2.35. The molecule has 34 heavy (non-hydrogen) atoms. The van der Waals surface area contributed by atoms with E-state index in [0.717, 1.165) is 44.2 Å². The lowest BCUT2D eigenvalue weighted by Crippen LogP contribution is -2.43. The topological polar surface area (TPSA) is 80.2 Å². The Bertz CT molecular complexity index is 1140. The van der Waals surface area contributed by atoms with Gasteiger partial charge in [-0.2, -0.15) is 0 Å². The summed E-state index contributed by atoms with van der Waals surface area (Å²) in [4.78, 5) is 39.5. The van der Waals surface area contributed by atoms with Gasteiger partial charge < -0.3 is 15.2 Å². The van der Waals surface area contributed by atoms with Crippen LogP contribution >= 0.6 is 0 Å². The van der Waals surface area contributed by atoms with Gasteiger partial charge in [0.15, 0.2) is 0 Å². The number of Topliss-reactive ketones (excluding diaryl/α,β-unsaturated/α-hetero) is 1. The summed E-state index contributed by atoms with van der Waals surface area (Å²) in [6, 6.07) is 4.42. The van der Waals surface area contributed by atoms with Crippen LogP contribution in [0.3, 0.4) is 0 Å². The number of amides is 2. The molecule has 2 aromatic rings. The first kappa shape index (κ1) is 24.2. The van der Waals surface area contributed by atoms with E-state index in [1.54, 1.807) is 19.9 Å². The molecule has 4 rings (SSSR count). The van der Waals surface area contributed by atoms with Crippen molar-refractivity contribution >= 4 is 23.3 Å². The molecule has 1 saturated carbocycles. The molecule has 2 amide bonds. The number of anilines is 1. The number of carbonyl (C=O) groups is 3. The summed E-state index contributed by atoms with van der Waals surface area (Å²) < 4.78 is 15.5. The Labute approximate surface area is 200 Å². The summed E-state index contributed by atoms with van der Waals surface area (Å²) in [7, 11) is 0. The fourth-order valence-corrected chi connectivity index (χ4v) is 5.29. The van der Waals surface area contributed by atoms with Crippen molar-refractivity contribution in [3.05, 3.63) is 52.1 Å². The smallest absolute Gasteiger partial charge is 0.294 e. The van der Waals surface area contributed by atoms with Crippen molar-refractivity contribution in [2.45, 2.75) is 85.2 Å². The molecule has 0 atom stereocenters. The van der Waals surface area contributed by atoms with Gasteiger partial charge in [-0.3, -0.25) is 14.4 Å². The van der Waals surface area contributed by atoms with Crippen LogP contribution in [0.1, 0.15) is 90.0 Å². The van der Waals surface area contributed by atoms with Crippen LogP contribution in [0.25, 0.3) is 0 Å². The molecule has 2 aliphatic rings. The summed E-state index contributed by atoms with van der Waals surface area (Å²) in [5.74, 6) is -1.86. The Balaban J connectivity index is 1.58. The van der Waals surface area contributed by atoms with E-state index >= 15 is 0 Å². The normalized spacial score (nSPS) is 17.7. The Morgan fingerprint density at radius 1 is 1.09 bits per heavy atom. The first-order chi connectivity index (χ1) is 16.1. The number of rotatable bonds is 5. The molecule has 1 aromatic carbocycles. The van der Waals surface area contributed by atoms with Gasteiger partial charge in [-0.15, -0.1) is 0 Å². The van der Waals surface area contributed by atoms with Gasteiger partial charge in [0.1, 0.15) is 5.82 Å². The number of hydrogen-bond acceptors (Lipinski definition) is 3. The fourth-order valence-electron chi connectivity index (χ4n) is 5.29. The molecule has 1 fully saturated rings. The maximum atomic E-state index is 13.6. The highest BCUT2D eigenvalue weighted by molar-refractivity contribution is 6.43. The third kappa shape index (κ3) is 4.79. The Morgan fingerprint density at radius 2 is 1.79 bits per heavy atom. The minimum atomic E-state index is -0.597.